The second-order valence-electron chi connectivity index (χ2n) is 8.57. The zero-order valence-corrected chi connectivity index (χ0v) is 24.8. The van der Waals surface area contributed by atoms with Gasteiger partial charge in [0.05, 0.1) is 11.9 Å². The minimum absolute atomic E-state index is 0.0933. The maximum atomic E-state index is 14.0. The van der Waals surface area contributed by atoms with Crippen molar-refractivity contribution in [3.05, 3.63) is 98.4 Å². The van der Waals surface area contributed by atoms with Gasteiger partial charge in [-0.3, -0.25) is 13.9 Å². The van der Waals surface area contributed by atoms with Crippen LogP contribution in [0.3, 0.4) is 0 Å². The molecule has 0 spiro atoms. The maximum Gasteiger partial charge on any atom is 0.244 e. The van der Waals surface area contributed by atoms with Crippen molar-refractivity contribution in [3.8, 4) is 0 Å². The summed E-state index contributed by atoms with van der Waals surface area (Å²) in [6.45, 7) is 1.53. The largest absolute Gasteiger partial charge is 0.355 e. The van der Waals surface area contributed by atoms with E-state index in [0.29, 0.717) is 27.8 Å². The molecule has 0 aliphatic carbocycles. The standard InChI is InChI=1S/C27H28BrCl2N3O4S/c1-3-31-27(35)25(16-19-8-5-4-6-9-19)32(17-22-23(29)10-7-11-24(22)30)26(34)18-33(38(2,36)37)21-14-12-20(28)13-15-21/h4-15,25H,3,16-18H2,1-2H3,(H,31,35)/t25-/m0/s1. The molecule has 2 amide bonds. The minimum atomic E-state index is -3.85. The minimum Gasteiger partial charge on any atom is -0.355 e. The summed E-state index contributed by atoms with van der Waals surface area (Å²) >= 11 is 16.2. The van der Waals surface area contributed by atoms with Gasteiger partial charge in [-0.25, -0.2) is 8.42 Å². The van der Waals surface area contributed by atoms with Gasteiger partial charge in [-0.2, -0.15) is 0 Å². The molecule has 0 bridgehead atoms. The van der Waals surface area contributed by atoms with E-state index in [-0.39, 0.29) is 18.9 Å². The van der Waals surface area contributed by atoms with Gasteiger partial charge in [0.1, 0.15) is 12.6 Å². The summed E-state index contributed by atoms with van der Waals surface area (Å²) in [6, 6.07) is 19.9. The van der Waals surface area contributed by atoms with Crippen LogP contribution in [0, 0.1) is 0 Å². The van der Waals surface area contributed by atoms with E-state index in [2.05, 4.69) is 21.2 Å². The smallest absolute Gasteiger partial charge is 0.244 e. The Labute approximate surface area is 241 Å². The monoisotopic (exact) mass is 639 g/mol. The number of anilines is 1. The van der Waals surface area contributed by atoms with Crippen LogP contribution in [0.25, 0.3) is 0 Å². The summed E-state index contributed by atoms with van der Waals surface area (Å²) in [5, 5.41) is 3.46. The summed E-state index contributed by atoms with van der Waals surface area (Å²) in [6.07, 6.45) is 1.24. The number of carbonyl (C=O) groups is 2. The Kier molecular flexibility index (Phi) is 10.6. The van der Waals surface area contributed by atoms with Crippen LogP contribution in [-0.2, 0) is 32.6 Å². The SMILES string of the molecule is CCNC(=O)[C@H](Cc1ccccc1)N(Cc1c(Cl)cccc1Cl)C(=O)CN(c1ccc(Br)cc1)S(C)(=O)=O. The number of rotatable bonds is 11. The summed E-state index contributed by atoms with van der Waals surface area (Å²) < 4.78 is 27.3. The number of sulfonamides is 1. The van der Waals surface area contributed by atoms with E-state index in [9.17, 15) is 18.0 Å². The van der Waals surface area contributed by atoms with Gasteiger partial charge in [0.15, 0.2) is 0 Å². The van der Waals surface area contributed by atoms with Crippen molar-refractivity contribution >= 4 is 66.7 Å². The molecular formula is C27H28BrCl2N3O4S. The number of halogens is 3. The lowest BCUT2D eigenvalue weighted by atomic mass is 10.0. The van der Waals surface area contributed by atoms with Crippen molar-refractivity contribution < 1.29 is 18.0 Å². The third kappa shape index (κ3) is 7.96. The van der Waals surface area contributed by atoms with Crippen LogP contribution < -0.4 is 9.62 Å². The molecule has 0 unspecified atom stereocenters. The number of hydrogen-bond donors (Lipinski definition) is 1. The van der Waals surface area contributed by atoms with E-state index in [1.807, 2.05) is 30.3 Å². The van der Waals surface area contributed by atoms with Crippen molar-refractivity contribution in [3.63, 3.8) is 0 Å². The number of nitrogens with one attached hydrogen (secondary N) is 1. The lowest BCUT2D eigenvalue weighted by molar-refractivity contribution is -0.140. The third-order valence-corrected chi connectivity index (χ3v) is 8.18. The predicted octanol–water partition coefficient (Wildman–Crippen LogP) is 5.30. The Balaban J connectivity index is 2.08. The summed E-state index contributed by atoms with van der Waals surface area (Å²) in [4.78, 5) is 28.6. The number of benzene rings is 3. The zero-order valence-electron chi connectivity index (χ0n) is 20.9. The van der Waals surface area contributed by atoms with Gasteiger partial charge in [0.2, 0.25) is 21.8 Å². The first-order chi connectivity index (χ1) is 18.0. The highest BCUT2D eigenvalue weighted by atomic mass is 79.9. The number of nitrogens with zero attached hydrogens (tertiary/aromatic N) is 2. The van der Waals surface area contributed by atoms with Crippen LogP contribution in [0.2, 0.25) is 10.0 Å². The van der Waals surface area contributed by atoms with Crippen LogP contribution >= 0.6 is 39.1 Å². The molecule has 0 radical (unpaired) electrons. The molecule has 0 heterocycles. The fourth-order valence-corrected chi connectivity index (χ4v) is 5.55. The average molecular weight is 641 g/mol. The van der Waals surface area contributed by atoms with Crippen molar-refractivity contribution in [1.29, 1.82) is 0 Å². The van der Waals surface area contributed by atoms with Gasteiger partial charge in [0.25, 0.3) is 0 Å². The van der Waals surface area contributed by atoms with Crippen molar-refractivity contribution in [1.82, 2.24) is 10.2 Å². The zero-order chi connectivity index (χ0) is 27.9. The molecular weight excluding hydrogens is 613 g/mol. The predicted molar refractivity (Wildman–Crippen MR) is 156 cm³/mol. The summed E-state index contributed by atoms with van der Waals surface area (Å²) in [7, 11) is -3.85. The molecule has 3 rings (SSSR count). The lowest BCUT2D eigenvalue weighted by Gasteiger charge is -2.33. The first kappa shape index (κ1) is 30.0. The van der Waals surface area contributed by atoms with Gasteiger partial charge >= 0.3 is 0 Å². The number of likely N-dealkylation sites (N-methyl/N-ethyl adjacent to an activating group) is 1. The highest BCUT2D eigenvalue weighted by Crippen LogP contribution is 2.28. The van der Waals surface area contributed by atoms with Crippen LogP contribution in [0.15, 0.2) is 77.3 Å². The molecule has 3 aromatic carbocycles. The highest BCUT2D eigenvalue weighted by molar-refractivity contribution is 9.10. The van der Waals surface area contributed by atoms with E-state index in [1.165, 1.54) is 4.90 Å². The third-order valence-electron chi connectivity index (χ3n) is 5.81. The van der Waals surface area contributed by atoms with Crippen LogP contribution in [0.4, 0.5) is 5.69 Å². The molecule has 0 aliphatic rings. The molecule has 0 saturated carbocycles. The Morgan fingerprint density at radius 1 is 0.947 bits per heavy atom. The Morgan fingerprint density at radius 2 is 1.55 bits per heavy atom. The van der Waals surface area contributed by atoms with E-state index in [4.69, 9.17) is 23.2 Å². The molecule has 1 atom stereocenters. The normalized spacial score (nSPS) is 12.0. The molecule has 202 valence electrons. The number of hydrogen-bond acceptors (Lipinski definition) is 4. The molecule has 1 N–H and O–H groups in total. The van der Waals surface area contributed by atoms with Gasteiger partial charge in [-0.1, -0.05) is 75.5 Å². The van der Waals surface area contributed by atoms with E-state index in [1.54, 1.807) is 49.4 Å². The van der Waals surface area contributed by atoms with Gasteiger partial charge < -0.3 is 10.2 Å². The number of carbonyl (C=O) groups excluding carboxylic acids is 2. The van der Waals surface area contributed by atoms with Gasteiger partial charge in [-0.15, -0.1) is 0 Å². The molecule has 11 heteroatoms. The molecule has 38 heavy (non-hydrogen) atoms. The topological polar surface area (TPSA) is 86.8 Å². The molecule has 7 nitrogen and oxygen atoms in total. The second-order valence-corrected chi connectivity index (χ2v) is 12.2. The van der Waals surface area contributed by atoms with E-state index < -0.39 is 28.5 Å². The van der Waals surface area contributed by atoms with Crippen molar-refractivity contribution in [2.24, 2.45) is 0 Å². The fraction of sp³-hybridized carbons (Fsp3) is 0.259. The average Bonchev–Trinajstić information content (AvgIpc) is 2.87. The fourth-order valence-electron chi connectivity index (χ4n) is 3.92. The Morgan fingerprint density at radius 3 is 2.11 bits per heavy atom. The first-order valence-corrected chi connectivity index (χ1v) is 15.2. The second kappa shape index (κ2) is 13.5. The van der Waals surface area contributed by atoms with Gasteiger partial charge in [-0.05, 0) is 48.9 Å². The molecule has 0 aliphatic heterocycles. The van der Waals surface area contributed by atoms with Crippen LogP contribution in [0.1, 0.15) is 18.1 Å². The summed E-state index contributed by atoms with van der Waals surface area (Å²) in [5.41, 5.74) is 1.61. The molecule has 3 aromatic rings. The lowest BCUT2D eigenvalue weighted by Crippen LogP contribution is -2.53. The Hall–Kier alpha value is -2.59. The van der Waals surface area contributed by atoms with E-state index in [0.717, 1.165) is 20.6 Å². The summed E-state index contributed by atoms with van der Waals surface area (Å²) in [5.74, 6) is -0.955. The Bertz CT molecular complexity index is 1350. The van der Waals surface area contributed by atoms with E-state index >= 15 is 0 Å². The van der Waals surface area contributed by atoms with Crippen LogP contribution in [-0.4, -0.2) is 50.5 Å². The van der Waals surface area contributed by atoms with Crippen molar-refractivity contribution in [2.45, 2.75) is 25.9 Å². The molecule has 0 fully saturated rings. The van der Waals surface area contributed by atoms with Crippen LogP contribution in [0.5, 0.6) is 0 Å². The quantitative estimate of drug-likeness (QED) is 0.308. The maximum absolute atomic E-state index is 14.0. The first-order valence-electron chi connectivity index (χ1n) is 11.8. The molecule has 0 saturated heterocycles. The highest BCUT2D eigenvalue weighted by Gasteiger charge is 2.33. The number of amides is 2. The van der Waals surface area contributed by atoms with Gasteiger partial charge in [0, 0.05) is 39.6 Å². The van der Waals surface area contributed by atoms with Crippen molar-refractivity contribution in [2.75, 3.05) is 23.7 Å². The molecule has 0 aromatic heterocycles.